The number of nitrogens with two attached hydrogens (primary N) is 1. The molecular formula is C13H17N5OS. The van der Waals surface area contributed by atoms with Gasteiger partial charge in [0, 0.05) is 19.0 Å². The van der Waals surface area contributed by atoms with E-state index < -0.39 is 0 Å². The van der Waals surface area contributed by atoms with Crippen LogP contribution in [0, 0.1) is 0 Å². The number of H-pyrrole nitrogens is 1. The van der Waals surface area contributed by atoms with Crippen molar-refractivity contribution in [2.24, 2.45) is 5.73 Å². The van der Waals surface area contributed by atoms with Crippen LogP contribution in [0.5, 0.6) is 0 Å². The smallest absolute Gasteiger partial charge is 0.236 e. The van der Waals surface area contributed by atoms with E-state index in [1.54, 1.807) is 11.3 Å². The molecule has 1 amide bonds. The van der Waals surface area contributed by atoms with Crippen LogP contribution in [-0.2, 0) is 4.79 Å². The average molecular weight is 291 g/mol. The van der Waals surface area contributed by atoms with Gasteiger partial charge in [0.25, 0.3) is 0 Å². The first kappa shape index (κ1) is 13.3. The minimum Gasteiger partial charge on any atom is -0.342 e. The number of aromatic amines is 1. The van der Waals surface area contributed by atoms with Crippen LogP contribution in [0.15, 0.2) is 17.5 Å². The van der Waals surface area contributed by atoms with Crippen LogP contribution in [0.4, 0.5) is 0 Å². The SMILES string of the molecule is NCC(=O)N1CCC(c2nc(-c3cccs3)n[nH]2)CC1. The van der Waals surface area contributed by atoms with Gasteiger partial charge in [-0.2, -0.15) is 5.10 Å². The van der Waals surface area contributed by atoms with Gasteiger partial charge in [0.15, 0.2) is 5.82 Å². The zero-order chi connectivity index (χ0) is 13.9. The quantitative estimate of drug-likeness (QED) is 0.889. The molecule has 0 spiro atoms. The summed E-state index contributed by atoms with van der Waals surface area (Å²) in [6.45, 7) is 1.58. The Morgan fingerprint density at radius 2 is 2.30 bits per heavy atom. The maximum Gasteiger partial charge on any atom is 0.236 e. The molecule has 6 nitrogen and oxygen atoms in total. The van der Waals surface area contributed by atoms with Gasteiger partial charge < -0.3 is 10.6 Å². The third-order valence-corrected chi connectivity index (χ3v) is 4.52. The van der Waals surface area contributed by atoms with Gasteiger partial charge in [-0.15, -0.1) is 11.3 Å². The lowest BCUT2D eigenvalue weighted by Crippen LogP contribution is -2.41. The van der Waals surface area contributed by atoms with E-state index in [9.17, 15) is 4.79 Å². The second kappa shape index (κ2) is 5.72. The summed E-state index contributed by atoms with van der Waals surface area (Å²) in [6.07, 6.45) is 1.82. The standard InChI is InChI=1S/C13H17N5OS/c14-8-11(19)18-5-3-9(4-6-18)12-15-13(17-16-12)10-2-1-7-20-10/h1-2,7,9H,3-6,8,14H2,(H,15,16,17). The van der Waals surface area contributed by atoms with Gasteiger partial charge in [0.05, 0.1) is 11.4 Å². The second-order valence-corrected chi connectivity index (χ2v) is 5.83. The Bertz CT molecular complexity index is 571. The summed E-state index contributed by atoms with van der Waals surface area (Å²) in [5.74, 6) is 2.06. The fraction of sp³-hybridized carbons (Fsp3) is 0.462. The number of rotatable bonds is 3. The highest BCUT2D eigenvalue weighted by Gasteiger charge is 2.25. The number of amides is 1. The Balaban J connectivity index is 1.65. The van der Waals surface area contributed by atoms with Crippen molar-refractivity contribution < 1.29 is 4.79 Å². The van der Waals surface area contributed by atoms with Crippen LogP contribution in [0.3, 0.4) is 0 Å². The summed E-state index contributed by atoms with van der Waals surface area (Å²) >= 11 is 1.63. The minimum atomic E-state index is 0.0281. The molecule has 3 N–H and O–H groups in total. The molecule has 2 aromatic rings. The third kappa shape index (κ3) is 2.59. The number of likely N-dealkylation sites (tertiary alicyclic amines) is 1. The summed E-state index contributed by atoms with van der Waals surface area (Å²) in [7, 11) is 0. The predicted molar refractivity (Wildman–Crippen MR) is 77.3 cm³/mol. The number of piperidine rings is 1. The van der Waals surface area contributed by atoms with Gasteiger partial charge in [-0.05, 0) is 24.3 Å². The lowest BCUT2D eigenvalue weighted by molar-refractivity contribution is -0.130. The van der Waals surface area contributed by atoms with Crippen molar-refractivity contribution in [1.82, 2.24) is 20.1 Å². The van der Waals surface area contributed by atoms with E-state index in [0.29, 0.717) is 5.92 Å². The molecule has 0 saturated carbocycles. The van der Waals surface area contributed by atoms with Crippen molar-refractivity contribution in [3.8, 4) is 10.7 Å². The minimum absolute atomic E-state index is 0.0281. The fourth-order valence-electron chi connectivity index (χ4n) is 2.50. The molecular weight excluding hydrogens is 274 g/mol. The molecule has 106 valence electrons. The topological polar surface area (TPSA) is 87.9 Å². The van der Waals surface area contributed by atoms with Gasteiger partial charge >= 0.3 is 0 Å². The predicted octanol–water partition coefficient (Wildman–Crippen LogP) is 1.20. The number of nitrogens with zero attached hydrogens (tertiary/aromatic N) is 3. The Kier molecular flexibility index (Phi) is 3.79. The lowest BCUT2D eigenvalue weighted by Gasteiger charge is -2.30. The number of nitrogens with one attached hydrogen (secondary N) is 1. The van der Waals surface area contributed by atoms with Crippen LogP contribution in [0.25, 0.3) is 10.7 Å². The van der Waals surface area contributed by atoms with Crippen molar-refractivity contribution in [2.75, 3.05) is 19.6 Å². The first-order valence-corrected chi connectivity index (χ1v) is 7.60. The summed E-state index contributed by atoms with van der Waals surface area (Å²) in [5.41, 5.74) is 5.39. The van der Waals surface area contributed by atoms with Crippen molar-refractivity contribution >= 4 is 17.2 Å². The van der Waals surface area contributed by atoms with Gasteiger partial charge in [-0.1, -0.05) is 6.07 Å². The first-order chi connectivity index (χ1) is 9.78. The van der Waals surface area contributed by atoms with Crippen molar-refractivity contribution in [2.45, 2.75) is 18.8 Å². The maximum absolute atomic E-state index is 11.5. The molecule has 0 atom stereocenters. The van der Waals surface area contributed by atoms with Crippen LogP contribution in [0.2, 0.25) is 0 Å². The zero-order valence-electron chi connectivity index (χ0n) is 11.1. The normalized spacial score (nSPS) is 16.6. The summed E-state index contributed by atoms with van der Waals surface area (Å²) < 4.78 is 0. The van der Waals surface area contributed by atoms with Crippen LogP contribution in [-0.4, -0.2) is 45.6 Å². The highest BCUT2D eigenvalue weighted by Crippen LogP contribution is 2.28. The number of hydrogen-bond acceptors (Lipinski definition) is 5. The summed E-state index contributed by atoms with van der Waals surface area (Å²) in [5, 5.41) is 9.33. The van der Waals surface area contributed by atoms with Crippen molar-refractivity contribution in [3.05, 3.63) is 23.3 Å². The monoisotopic (exact) mass is 291 g/mol. The van der Waals surface area contributed by atoms with Gasteiger partial charge in [-0.25, -0.2) is 4.98 Å². The molecule has 0 radical (unpaired) electrons. The Morgan fingerprint density at radius 3 is 2.95 bits per heavy atom. The molecule has 1 aliphatic rings. The number of carbonyl (C=O) groups is 1. The van der Waals surface area contributed by atoms with Crippen LogP contribution < -0.4 is 5.73 Å². The zero-order valence-corrected chi connectivity index (χ0v) is 11.9. The van der Waals surface area contributed by atoms with E-state index in [1.165, 1.54) is 0 Å². The molecule has 1 fully saturated rings. The van der Waals surface area contributed by atoms with Crippen LogP contribution in [0.1, 0.15) is 24.6 Å². The highest BCUT2D eigenvalue weighted by molar-refractivity contribution is 7.13. The maximum atomic E-state index is 11.5. The molecule has 1 saturated heterocycles. The number of hydrogen-bond donors (Lipinski definition) is 2. The lowest BCUT2D eigenvalue weighted by atomic mass is 9.96. The highest BCUT2D eigenvalue weighted by atomic mass is 32.1. The van der Waals surface area contributed by atoms with Gasteiger partial charge in [0.2, 0.25) is 5.91 Å². The number of carbonyl (C=O) groups excluding carboxylic acids is 1. The first-order valence-electron chi connectivity index (χ1n) is 6.72. The molecule has 7 heteroatoms. The Hall–Kier alpha value is -1.73. The molecule has 20 heavy (non-hydrogen) atoms. The largest absolute Gasteiger partial charge is 0.342 e. The summed E-state index contributed by atoms with van der Waals surface area (Å²) in [6, 6.07) is 4.01. The molecule has 3 rings (SSSR count). The van der Waals surface area contributed by atoms with Crippen molar-refractivity contribution in [3.63, 3.8) is 0 Å². The molecule has 0 unspecified atom stereocenters. The Morgan fingerprint density at radius 1 is 1.50 bits per heavy atom. The Labute approximate surface area is 121 Å². The molecule has 0 aromatic carbocycles. The second-order valence-electron chi connectivity index (χ2n) is 4.88. The molecule has 2 aromatic heterocycles. The van der Waals surface area contributed by atoms with E-state index in [0.717, 1.165) is 42.5 Å². The van der Waals surface area contributed by atoms with E-state index >= 15 is 0 Å². The van der Waals surface area contributed by atoms with Gasteiger partial charge in [-0.3, -0.25) is 9.89 Å². The summed E-state index contributed by atoms with van der Waals surface area (Å²) in [4.78, 5) is 19.0. The number of thiophene rings is 1. The van der Waals surface area contributed by atoms with E-state index in [4.69, 9.17) is 5.73 Å². The molecule has 3 heterocycles. The molecule has 1 aliphatic heterocycles. The van der Waals surface area contributed by atoms with Crippen LogP contribution >= 0.6 is 11.3 Å². The fourth-order valence-corrected chi connectivity index (χ4v) is 3.16. The van der Waals surface area contributed by atoms with E-state index in [2.05, 4.69) is 15.2 Å². The van der Waals surface area contributed by atoms with Crippen molar-refractivity contribution in [1.29, 1.82) is 0 Å². The van der Waals surface area contributed by atoms with E-state index in [-0.39, 0.29) is 12.5 Å². The van der Waals surface area contributed by atoms with Gasteiger partial charge in [0.1, 0.15) is 5.82 Å². The molecule has 0 aliphatic carbocycles. The van der Waals surface area contributed by atoms with E-state index in [1.807, 2.05) is 22.4 Å². The number of aromatic nitrogens is 3. The molecule has 0 bridgehead atoms. The average Bonchev–Trinajstić information content (AvgIpc) is 3.17. The third-order valence-electron chi connectivity index (χ3n) is 3.65.